The highest BCUT2D eigenvalue weighted by molar-refractivity contribution is 6.08. The summed E-state index contributed by atoms with van der Waals surface area (Å²) in [6.45, 7) is -0.614. The van der Waals surface area contributed by atoms with Crippen molar-refractivity contribution < 1.29 is 28.7 Å². The topological polar surface area (TPSA) is 205 Å². The average Bonchev–Trinajstić information content (AvgIpc) is 2.99. The summed E-state index contributed by atoms with van der Waals surface area (Å²) in [5.41, 5.74) is 6.33. The van der Waals surface area contributed by atoms with Crippen LogP contribution < -0.4 is 32.3 Å². The molecule has 14 heteroatoms. The Hall–Kier alpha value is -5.17. The van der Waals surface area contributed by atoms with Gasteiger partial charge in [-0.1, -0.05) is 60.7 Å². The van der Waals surface area contributed by atoms with Crippen molar-refractivity contribution in [2.24, 2.45) is 5.73 Å². The molecule has 3 aromatic carbocycles. The van der Waals surface area contributed by atoms with E-state index in [9.17, 15) is 24.0 Å². The zero-order valence-corrected chi connectivity index (χ0v) is 24.0. The largest absolute Gasteiger partial charge is 0.445 e. The van der Waals surface area contributed by atoms with Gasteiger partial charge >= 0.3 is 6.09 Å². The lowest BCUT2D eigenvalue weighted by Crippen LogP contribution is -2.51. The van der Waals surface area contributed by atoms with Crippen molar-refractivity contribution in [1.29, 1.82) is 5.41 Å². The summed E-state index contributed by atoms with van der Waals surface area (Å²) in [6, 6.07) is 20.4. The second-order valence-corrected chi connectivity index (χ2v) is 9.18. The first-order valence-corrected chi connectivity index (χ1v) is 13.1. The monoisotopic (exact) mass is 611 g/mol. The molecule has 0 aromatic heterocycles. The van der Waals surface area contributed by atoms with Crippen LogP contribution in [-0.2, 0) is 25.7 Å². The van der Waals surface area contributed by atoms with Crippen molar-refractivity contribution >= 4 is 58.9 Å². The van der Waals surface area contributed by atoms with Gasteiger partial charge in [-0.15, -0.1) is 12.4 Å². The summed E-state index contributed by atoms with van der Waals surface area (Å²) >= 11 is 0. The predicted octanol–water partition coefficient (Wildman–Crippen LogP) is 1.31. The lowest BCUT2D eigenvalue weighted by molar-refractivity contribution is -0.129. The molecule has 0 bridgehead atoms. The Labute approximate surface area is 254 Å². The number of halogens is 1. The summed E-state index contributed by atoms with van der Waals surface area (Å²) in [6.07, 6.45) is -0.347. The number of ether oxygens (including phenoxy) is 1. The van der Waals surface area contributed by atoms with Crippen molar-refractivity contribution in [3.05, 3.63) is 83.9 Å². The van der Waals surface area contributed by atoms with E-state index in [4.69, 9.17) is 15.9 Å². The Bertz CT molecular complexity index is 1440. The quantitative estimate of drug-likeness (QED) is 0.0850. The Kier molecular flexibility index (Phi) is 13.9. The number of nitrogens with two attached hydrogens (primary N) is 1. The van der Waals surface area contributed by atoms with Crippen LogP contribution in [0.1, 0.15) is 28.8 Å². The van der Waals surface area contributed by atoms with E-state index in [0.717, 1.165) is 16.3 Å². The standard InChI is InChI=1S/C29H33N7O6.ClH/c30-28(31)32-14-6-11-23(27(40)36-26(39)22-13-12-20-9-4-5-10-21(20)15-22)35-25(38)17-33-24(37)16-34-29(41)42-18-19-7-2-1-3-8-19;/h1-5,7-10,12-13,15,23H,6,11,14,16-18H2,(H,33,37)(H,34,41)(H,35,38)(H4,30,31,32)(H,36,39,40);1H/t23-;/m0./s1. The van der Waals surface area contributed by atoms with Gasteiger partial charge in [0.1, 0.15) is 19.2 Å². The van der Waals surface area contributed by atoms with E-state index in [2.05, 4.69) is 26.6 Å². The smallest absolute Gasteiger partial charge is 0.407 e. The highest BCUT2D eigenvalue weighted by atomic mass is 35.5. The van der Waals surface area contributed by atoms with Gasteiger partial charge < -0.3 is 31.7 Å². The van der Waals surface area contributed by atoms with Crippen LogP contribution in [0.5, 0.6) is 0 Å². The van der Waals surface area contributed by atoms with Gasteiger partial charge in [-0.25, -0.2) is 4.79 Å². The number of fused-ring (bicyclic) bond motifs is 1. The van der Waals surface area contributed by atoms with Gasteiger partial charge in [-0.2, -0.15) is 0 Å². The molecule has 0 heterocycles. The molecule has 1 atom stereocenters. The van der Waals surface area contributed by atoms with Crippen LogP contribution >= 0.6 is 12.4 Å². The molecule has 8 N–H and O–H groups in total. The molecule has 0 spiro atoms. The lowest BCUT2D eigenvalue weighted by Gasteiger charge is -2.18. The molecular weight excluding hydrogens is 578 g/mol. The average molecular weight is 612 g/mol. The Morgan fingerprint density at radius 3 is 2.21 bits per heavy atom. The number of rotatable bonds is 13. The molecule has 0 saturated carbocycles. The first-order valence-electron chi connectivity index (χ1n) is 13.1. The summed E-state index contributed by atoms with van der Waals surface area (Å²) < 4.78 is 5.02. The molecular formula is C29H34ClN7O6. The summed E-state index contributed by atoms with van der Waals surface area (Å²) in [7, 11) is 0. The number of benzene rings is 3. The molecule has 0 aliphatic heterocycles. The fourth-order valence-corrected chi connectivity index (χ4v) is 3.81. The third-order valence-corrected chi connectivity index (χ3v) is 5.94. The molecule has 3 rings (SSSR count). The zero-order chi connectivity index (χ0) is 30.3. The van der Waals surface area contributed by atoms with Gasteiger partial charge in [-0.3, -0.25) is 29.9 Å². The van der Waals surface area contributed by atoms with E-state index in [1.165, 1.54) is 0 Å². The van der Waals surface area contributed by atoms with E-state index >= 15 is 0 Å². The number of hydrogen-bond donors (Lipinski definition) is 7. The highest BCUT2D eigenvalue weighted by Crippen LogP contribution is 2.15. The van der Waals surface area contributed by atoms with Crippen molar-refractivity contribution in [1.82, 2.24) is 26.6 Å². The van der Waals surface area contributed by atoms with Crippen LogP contribution in [0.2, 0.25) is 0 Å². The molecule has 0 aliphatic carbocycles. The Balaban J connectivity index is 0.00000645. The van der Waals surface area contributed by atoms with Crippen LogP contribution in [0.25, 0.3) is 10.8 Å². The number of nitrogens with one attached hydrogen (secondary N) is 6. The number of guanidine groups is 1. The van der Waals surface area contributed by atoms with Crippen molar-refractivity contribution in [2.45, 2.75) is 25.5 Å². The Morgan fingerprint density at radius 2 is 1.49 bits per heavy atom. The van der Waals surface area contributed by atoms with Gasteiger partial charge in [0.05, 0.1) is 6.54 Å². The maximum absolute atomic E-state index is 13.0. The summed E-state index contributed by atoms with van der Waals surface area (Å²) in [5.74, 6) is -2.96. The van der Waals surface area contributed by atoms with Gasteiger partial charge in [0.2, 0.25) is 17.7 Å². The van der Waals surface area contributed by atoms with Gasteiger partial charge in [0, 0.05) is 12.1 Å². The van der Waals surface area contributed by atoms with Gasteiger partial charge in [0.15, 0.2) is 5.96 Å². The van der Waals surface area contributed by atoms with Gasteiger partial charge in [-0.05, 0) is 41.3 Å². The first-order chi connectivity index (χ1) is 20.2. The summed E-state index contributed by atoms with van der Waals surface area (Å²) in [5, 5.41) is 21.1. The third kappa shape index (κ3) is 12.1. The van der Waals surface area contributed by atoms with Crippen LogP contribution in [0.3, 0.4) is 0 Å². The highest BCUT2D eigenvalue weighted by Gasteiger charge is 2.23. The molecule has 0 saturated heterocycles. The van der Waals surface area contributed by atoms with E-state index in [1.807, 2.05) is 30.3 Å². The molecule has 5 amide bonds. The van der Waals surface area contributed by atoms with E-state index < -0.39 is 48.9 Å². The summed E-state index contributed by atoms with van der Waals surface area (Å²) in [4.78, 5) is 62.2. The minimum absolute atomic E-state index is 0. The molecule has 0 aliphatic rings. The van der Waals surface area contributed by atoms with Crippen molar-refractivity contribution in [3.8, 4) is 0 Å². The zero-order valence-electron chi connectivity index (χ0n) is 23.2. The number of alkyl carbamates (subject to hydrolysis) is 1. The second kappa shape index (κ2) is 17.6. The number of carbonyl (C=O) groups is 5. The SMILES string of the molecule is Cl.N=C(N)NCCC[C@H](NC(=O)CNC(=O)CNC(=O)OCc1ccccc1)C(=O)NC(=O)c1ccc2ccccc2c1. The molecule has 0 unspecified atom stereocenters. The molecule has 0 radical (unpaired) electrons. The maximum Gasteiger partial charge on any atom is 0.407 e. The molecule has 228 valence electrons. The van der Waals surface area contributed by atoms with Crippen LogP contribution in [0.4, 0.5) is 4.79 Å². The van der Waals surface area contributed by atoms with Crippen LogP contribution in [0, 0.1) is 5.41 Å². The first kappa shape index (κ1) is 34.0. The Morgan fingerprint density at radius 1 is 0.814 bits per heavy atom. The fourth-order valence-electron chi connectivity index (χ4n) is 3.81. The molecule has 13 nitrogen and oxygen atoms in total. The second-order valence-electron chi connectivity index (χ2n) is 9.18. The van der Waals surface area contributed by atoms with Crippen LogP contribution in [-0.4, -0.2) is 61.4 Å². The van der Waals surface area contributed by atoms with E-state index in [-0.39, 0.29) is 43.5 Å². The van der Waals surface area contributed by atoms with Gasteiger partial charge in [0.25, 0.3) is 5.91 Å². The predicted molar refractivity (Wildman–Crippen MR) is 162 cm³/mol. The van der Waals surface area contributed by atoms with E-state index in [0.29, 0.717) is 6.42 Å². The minimum atomic E-state index is -1.11. The third-order valence-electron chi connectivity index (χ3n) is 5.94. The van der Waals surface area contributed by atoms with E-state index in [1.54, 1.807) is 42.5 Å². The molecule has 3 aromatic rings. The van der Waals surface area contributed by atoms with Crippen molar-refractivity contribution in [2.75, 3.05) is 19.6 Å². The number of imide groups is 1. The number of carbonyl (C=O) groups excluding carboxylic acids is 5. The normalized spacial score (nSPS) is 10.8. The molecule has 0 fully saturated rings. The number of amides is 5. The lowest BCUT2D eigenvalue weighted by atomic mass is 10.1. The number of hydrogen-bond acceptors (Lipinski definition) is 7. The maximum atomic E-state index is 13.0. The van der Waals surface area contributed by atoms with Crippen molar-refractivity contribution in [3.63, 3.8) is 0 Å². The molecule has 43 heavy (non-hydrogen) atoms. The fraction of sp³-hybridized carbons (Fsp3) is 0.241. The van der Waals surface area contributed by atoms with Crippen LogP contribution in [0.15, 0.2) is 72.8 Å². The minimum Gasteiger partial charge on any atom is -0.445 e.